The van der Waals surface area contributed by atoms with Crippen LogP contribution in [-0.2, 0) is 44.9 Å². The number of benzene rings is 2. The highest BCUT2D eigenvalue weighted by atomic mass is 32.3. The molecule has 0 aliphatic carbocycles. The Morgan fingerprint density at radius 3 is 1.05 bits per heavy atom. The normalized spacial score (nSPS) is 13.9. The van der Waals surface area contributed by atoms with E-state index in [1.54, 1.807) is 0 Å². The van der Waals surface area contributed by atoms with Gasteiger partial charge >= 0.3 is 44.9 Å². The molecule has 0 radical (unpaired) electrons. The number of halogens is 12. The van der Waals surface area contributed by atoms with Crippen molar-refractivity contribution in [3.05, 3.63) is 58.7 Å². The molecule has 6 nitrogen and oxygen atoms in total. The first kappa shape index (κ1) is 30.3. The third kappa shape index (κ3) is 8.04. The minimum Gasteiger partial charge on any atom is -0.381 e. The van der Waals surface area contributed by atoms with Gasteiger partial charge in [0, 0.05) is 0 Å². The molecule has 2 rings (SSSR count). The minimum absolute atomic E-state index is 0.103. The van der Waals surface area contributed by atoms with Crippen molar-refractivity contribution in [2.75, 3.05) is 5.08 Å². The molecular formula is C17H8F12O6S2. The summed E-state index contributed by atoms with van der Waals surface area (Å²) in [5.74, 6) is -4.10. The molecule has 0 aliphatic heterocycles. The smallest absolute Gasteiger partial charge is 0.381 e. The molecule has 0 heterocycles. The highest BCUT2D eigenvalue weighted by Crippen LogP contribution is 2.42. The summed E-state index contributed by atoms with van der Waals surface area (Å²) >= 11 is 0. The maximum Gasteiger partial charge on any atom is 0.420 e. The van der Waals surface area contributed by atoms with E-state index in [-0.39, 0.29) is 24.3 Å². The van der Waals surface area contributed by atoms with Gasteiger partial charge in [0.2, 0.25) is 5.08 Å². The average molecular weight is 600 g/mol. The van der Waals surface area contributed by atoms with Crippen molar-refractivity contribution in [1.82, 2.24) is 0 Å². The molecule has 0 amide bonds. The van der Waals surface area contributed by atoms with Gasteiger partial charge in [0.05, 0.1) is 22.3 Å². The lowest BCUT2D eigenvalue weighted by molar-refractivity contribution is -0.142. The van der Waals surface area contributed by atoms with Gasteiger partial charge < -0.3 is 8.37 Å². The third-order valence-electron chi connectivity index (χ3n) is 3.95. The molecule has 208 valence electrons. The molecule has 0 saturated carbocycles. The molecule has 0 bridgehead atoms. The Morgan fingerprint density at radius 1 is 0.514 bits per heavy atom. The molecule has 37 heavy (non-hydrogen) atoms. The predicted octanol–water partition coefficient (Wildman–Crippen LogP) is 5.84. The van der Waals surface area contributed by atoms with Gasteiger partial charge in [0.25, 0.3) is 0 Å². The molecule has 0 fully saturated rings. The van der Waals surface area contributed by atoms with Crippen molar-refractivity contribution in [3.8, 4) is 11.5 Å². The molecule has 0 aliphatic rings. The highest BCUT2D eigenvalue weighted by molar-refractivity contribution is 8.04. The standard InChI is InChI=1S/C17H8F12O6S2/c18-14(19,20)8-1-3-10(16(24,25)26)12(5-8)34-36(30,31)7-37(32,33)35-13-6-9(15(21,22)23)2-4-11(13)17(27,28)29/h1-6H,7H2. The zero-order valence-corrected chi connectivity index (χ0v) is 18.6. The van der Waals surface area contributed by atoms with Gasteiger partial charge in [0.15, 0.2) is 11.5 Å². The Morgan fingerprint density at radius 2 is 0.811 bits per heavy atom. The van der Waals surface area contributed by atoms with Crippen LogP contribution >= 0.6 is 0 Å². The SMILES string of the molecule is O=S(=O)(CS(=O)(=O)Oc1cc(C(F)(F)F)ccc1C(F)(F)F)Oc1cc(C(F)(F)F)ccc1C(F)(F)F. The maximum atomic E-state index is 13.1. The van der Waals surface area contributed by atoms with Crippen LogP contribution in [-0.4, -0.2) is 21.9 Å². The fraction of sp³-hybridized carbons (Fsp3) is 0.294. The Bertz CT molecular complexity index is 1270. The van der Waals surface area contributed by atoms with Gasteiger partial charge in [-0.15, -0.1) is 0 Å². The van der Waals surface area contributed by atoms with E-state index in [4.69, 9.17) is 0 Å². The van der Waals surface area contributed by atoms with Crippen LogP contribution < -0.4 is 8.37 Å². The summed E-state index contributed by atoms with van der Waals surface area (Å²) in [6.07, 6.45) is -21.7. The summed E-state index contributed by atoms with van der Waals surface area (Å²) < 4.78 is 211. The van der Waals surface area contributed by atoms with Crippen LogP contribution in [0.3, 0.4) is 0 Å². The number of hydrogen-bond acceptors (Lipinski definition) is 6. The van der Waals surface area contributed by atoms with Crippen LogP contribution in [0.15, 0.2) is 36.4 Å². The van der Waals surface area contributed by atoms with Crippen molar-refractivity contribution in [3.63, 3.8) is 0 Å². The molecule has 0 spiro atoms. The predicted molar refractivity (Wildman–Crippen MR) is 96.9 cm³/mol. The summed E-state index contributed by atoms with van der Waals surface area (Å²) in [5, 5.41) is -2.61. The van der Waals surface area contributed by atoms with Crippen molar-refractivity contribution < 1.29 is 77.9 Å². The van der Waals surface area contributed by atoms with E-state index in [0.29, 0.717) is 0 Å². The molecule has 0 unspecified atom stereocenters. The number of alkyl halides is 12. The van der Waals surface area contributed by atoms with Gasteiger partial charge in [-0.1, -0.05) is 0 Å². The van der Waals surface area contributed by atoms with E-state index in [2.05, 4.69) is 8.37 Å². The zero-order chi connectivity index (χ0) is 28.8. The van der Waals surface area contributed by atoms with Crippen molar-refractivity contribution in [1.29, 1.82) is 0 Å². The van der Waals surface area contributed by atoms with Crippen LogP contribution in [0.1, 0.15) is 22.3 Å². The van der Waals surface area contributed by atoms with Crippen LogP contribution in [0.4, 0.5) is 52.7 Å². The molecule has 20 heteroatoms. The van der Waals surface area contributed by atoms with E-state index in [1.165, 1.54) is 0 Å². The fourth-order valence-electron chi connectivity index (χ4n) is 2.50. The minimum atomic E-state index is -5.93. The lowest BCUT2D eigenvalue weighted by Crippen LogP contribution is -2.26. The first-order valence-electron chi connectivity index (χ1n) is 8.73. The van der Waals surface area contributed by atoms with E-state index in [0.717, 1.165) is 0 Å². The Balaban J connectivity index is 2.48. The van der Waals surface area contributed by atoms with Crippen LogP contribution in [0.2, 0.25) is 0 Å². The molecular weight excluding hydrogens is 592 g/mol. The molecule has 0 aromatic heterocycles. The van der Waals surface area contributed by atoms with E-state index in [9.17, 15) is 69.5 Å². The second kappa shape index (κ2) is 9.44. The van der Waals surface area contributed by atoms with Gasteiger partial charge in [-0.05, 0) is 36.4 Å². The molecule has 2 aromatic carbocycles. The van der Waals surface area contributed by atoms with Crippen LogP contribution in [0.5, 0.6) is 11.5 Å². The molecule has 0 saturated heterocycles. The zero-order valence-electron chi connectivity index (χ0n) is 17.0. The average Bonchev–Trinajstić information content (AvgIpc) is 2.62. The van der Waals surface area contributed by atoms with Gasteiger partial charge in [0.1, 0.15) is 0 Å². The number of rotatable bonds is 6. The third-order valence-corrected chi connectivity index (χ3v) is 7.13. The lowest BCUT2D eigenvalue weighted by atomic mass is 10.1. The van der Waals surface area contributed by atoms with E-state index in [1.807, 2.05) is 0 Å². The lowest BCUT2D eigenvalue weighted by Gasteiger charge is -2.17. The topological polar surface area (TPSA) is 86.7 Å². The quantitative estimate of drug-likeness (QED) is 0.306. The van der Waals surface area contributed by atoms with Crippen molar-refractivity contribution in [2.24, 2.45) is 0 Å². The van der Waals surface area contributed by atoms with Crippen LogP contribution in [0, 0.1) is 0 Å². The summed E-state index contributed by atoms with van der Waals surface area (Å²) in [7, 11) is -11.9. The van der Waals surface area contributed by atoms with Crippen LogP contribution in [0.25, 0.3) is 0 Å². The summed E-state index contributed by atoms with van der Waals surface area (Å²) in [5.41, 5.74) is -7.94. The van der Waals surface area contributed by atoms with Crippen molar-refractivity contribution >= 4 is 20.2 Å². The Hall–Kier alpha value is -2.90. The van der Waals surface area contributed by atoms with E-state index < -0.39 is 95.9 Å². The van der Waals surface area contributed by atoms with Crippen molar-refractivity contribution in [2.45, 2.75) is 24.7 Å². The highest BCUT2D eigenvalue weighted by Gasteiger charge is 2.41. The van der Waals surface area contributed by atoms with E-state index >= 15 is 0 Å². The van der Waals surface area contributed by atoms with Gasteiger partial charge in [-0.2, -0.15) is 69.5 Å². The Kier molecular flexibility index (Phi) is 7.74. The summed E-state index contributed by atoms with van der Waals surface area (Å²) in [6, 6.07) is -1.57. The Labute approximate surface area is 198 Å². The first-order chi connectivity index (χ1) is 16.3. The molecule has 2 aromatic rings. The summed E-state index contributed by atoms with van der Waals surface area (Å²) in [6.45, 7) is 0. The largest absolute Gasteiger partial charge is 0.420 e. The maximum absolute atomic E-state index is 13.1. The molecule has 0 N–H and O–H groups in total. The summed E-state index contributed by atoms with van der Waals surface area (Å²) in [4.78, 5) is 0. The van der Waals surface area contributed by atoms with Gasteiger partial charge in [-0.25, -0.2) is 0 Å². The van der Waals surface area contributed by atoms with Gasteiger partial charge in [-0.3, -0.25) is 0 Å². The second-order valence-corrected chi connectivity index (χ2v) is 10.3. The molecule has 0 atom stereocenters. The number of hydrogen-bond donors (Lipinski definition) is 0. The monoisotopic (exact) mass is 600 g/mol. The fourth-order valence-corrected chi connectivity index (χ4v) is 5.12. The first-order valence-corrected chi connectivity index (χ1v) is 11.9. The second-order valence-electron chi connectivity index (χ2n) is 6.81.